The zero-order valence-electron chi connectivity index (χ0n) is 8.74. The van der Waals surface area contributed by atoms with Crippen molar-refractivity contribution in [2.45, 2.75) is 38.3 Å². The predicted octanol–water partition coefficient (Wildman–Crippen LogP) is 1.99. The first-order valence-corrected chi connectivity index (χ1v) is 5.46. The first-order chi connectivity index (χ1) is 7.38. The Bertz CT molecular complexity index is 361. The number of aromatic nitrogens is 1. The van der Waals surface area contributed by atoms with Crippen molar-refractivity contribution in [2.75, 3.05) is 0 Å². The molecule has 2 rings (SSSR count). The molecule has 3 nitrogen and oxygen atoms in total. The monoisotopic (exact) mass is 201 g/mol. The summed E-state index contributed by atoms with van der Waals surface area (Å²) in [5, 5.41) is 12.2. The van der Waals surface area contributed by atoms with Gasteiger partial charge in [0, 0.05) is 25.0 Å². The molecule has 15 heavy (non-hydrogen) atoms. The highest BCUT2D eigenvalue weighted by Crippen LogP contribution is 2.18. The highest BCUT2D eigenvalue weighted by atomic mass is 14.9. The average Bonchev–Trinajstić information content (AvgIpc) is 2.79. The molecule has 1 aromatic rings. The minimum Gasteiger partial charge on any atom is -0.310 e. The largest absolute Gasteiger partial charge is 0.310 e. The molecule has 1 aromatic heterocycles. The molecule has 0 radical (unpaired) electrons. The molecule has 0 amide bonds. The summed E-state index contributed by atoms with van der Waals surface area (Å²) in [6.07, 6.45) is 8.67. The number of nitriles is 1. The lowest BCUT2D eigenvalue weighted by Gasteiger charge is -2.11. The summed E-state index contributed by atoms with van der Waals surface area (Å²) in [6, 6.07) is 4.67. The van der Waals surface area contributed by atoms with Crippen LogP contribution in [0.1, 0.15) is 36.8 Å². The van der Waals surface area contributed by atoms with Gasteiger partial charge in [0.1, 0.15) is 6.07 Å². The van der Waals surface area contributed by atoms with Gasteiger partial charge in [-0.05, 0) is 24.5 Å². The van der Waals surface area contributed by atoms with Crippen molar-refractivity contribution in [2.24, 2.45) is 0 Å². The van der Waals surface area contributed by atoms with Gasteiger partial charge in [-0.1, -0.05) is 12.8 Å². The van der Waals surface area contributed by atoms with Gasteiger partial charge >= 0.3 is 0 Å². The third-order valence-electron chi connectivity index (χ3n) is 2.87. The minimum absolute atomic E-state index is 0.640. The zero-order chi connectivity index (χ0) is 10.5. The van der Waals surface area contributed by atoms with E-state index in [1.54, 1.807) is 6.20 Å². The Morgan fingerprint density at radius 2 is 2.20 bits per heavy atom. The Morgan fingerprint density at radius 3 is 2.93 bits per heavy atom. The van der Waals surface area contributed by atoms with E-state index in [0.29, 0.717) is 11.6 Å². The van der Waals surface area contributed by atoms with Gasteiger partial charge in [-0.2, -0.15) is 5.26 Å². The molecular formula is C12H15N3. The number of hydrogen-bond donors (Lipinski definition) is 1. The van der Waals surface area contributed by atoms with Crippen molar-refractivity contribution in [3.63, 3.8) is 0 Å². The first kappa shape index (κ1) is 10.1. The topological polar surface area (TPSA) is 48.7 Å². The van der Waals surface area contributed by atoms with E-state index < -0.39 is 0 Å². The Kier molecular flexibility index (Phi) is 3.31. The third kappa shape index (κ3) is 2.77. The van der Waals surface area contributed by atoms with Crippen molar-refractivity contribution in [1.82, 2.24) is 10.3 Å². The quantitative estimate of drug-likeness (QED) is 0.813. The van der Waals surface area contributed by atoms with E-state index >= 15 is 0 Å². The lowest BCUT2D eigenvalue weighted by molar-refractivity contribution is 0.523. The van der Waals surface area contributed by atoms with Gasteiger partial charge < -0.3 is 5.32 Å². The molecule has 0 spiro atoms. The van der Waals surface area contributed by atoms with Crippen molar-refractivity contribution >= 4 is 0 Å². The Labute approximate surface area is 90.1 Å². The fraction of sp³-hybridized carbons (Fsp3) is 0.500. The van der Waals surface area contributed by atoms with Crippen LogP contribution < -0.4 is 5.32 Å². The Morgan fingerprint density at radius 1 is 1.40 bits per heavy atom. The molecule has 3 heteroatoms. The van der Waals surface area contributed by atoms with Crippen LogP contribution in [0.15, 0.2) is 18.5 Å². The standard InChI is InChI=1S/C12H15N3/c13-6-10-5-11(8-14-7-10)9-15-12-3-1-2-4-12/h5,7-8,12,15H,1-4,9H2. The highest BCUT2D eigenvalue weighted by molar-refractivity contribution is 5.28. The average molecular weight is 201 g/mol. The summed E-state index contributed by atoms with van der Waals surface area (Å²) in [5.41, 5.74) is 1.74. The molecule has 1 heterocycles. The van der Waals surface area contributed by atoms with Gasteiger partial charge in [-0.15, -0.1) is 0 Å². The lowest BCUT2D eigenvalue weighted by Crippen LogP contribution is -2.25. The summed E-state index contributed by atoms with van der Waals surface area (Å²) in [5.74, 6) is 0. The second kappa shape index (κ2) is 4.90. The Hall–Kier alpha value is -1.40. The molecule has 0 atom stereocenters. The second-order valence-corrected chi connectivity index (χ2v) is 4.06. The van der Waals surface area contributed by atoms with Crippen LogP contribution in [-0.4, -0.2) is 11.0 Å². The number of nitrogens with zero attached hydrogens (tertiary/aromatic N) is 2. The normalized spacial score (nSPS) is 16.5. The molecule has 1 aliphatic rings. The number of hydrogen-bond acceptors (Lipinski definition) is 3. The highest BCUT2D eigenvalue weighted by Gasteiger charge is 2.13. The molecule has 0 aromatic carbocycles. The van der Waals surface area contributed by atoms with Gasteiger partial charge in [-0.3, -0.25) is 4.98 Å². The van der Waals surface area contributed by atoms with Crippen LogP contribution >= 0.6 is 0 Å². The van der Waals surface area contributed by atoms with Crippen molar-refractivity contribution in [3.05, 3.63) is 29.6 Å². The number of pyridine rings is 1. The van der Waals surface area contributed by atoms with E-state index in [9.17, 15) is 0 Å². The van der Waals surface area contributed by atoms with Crippen LogP contribution in [0.3, 0.4) is 0 Å². The molecule has 1 N–H and O–H groups in total. The van der Waals surface area contributed by atoms with E-state index in [4.69, 9.17) is 5.26 Å². The van der Waals surface area contributed by atoms with Crippen molar-refractivity contribution < 1.29 is 0 Å². The molecular weight excluding hydrogens is 186 g/mol. The molecule has 0 bridgehead atoms. The van der Waals surface area contributed by atoms with Gasteiger partial charge in [0.2, 0.25) is 0 Å². The molecule has 0 aliphatic heterocycles. The molecule has 1 fully saturated rings. The van der Waals surface area contributed by atoms with Gasteiger partial charge in [0.25, 0.3) is 0 Å². The maximum Gasteiger partial charge on any atom is 0.101 e. The van der Waals surface area contributed by atoms with Crippen LogP contribution in [0, 0.1) is 11.3 Å². The van der Waals surface area contributed by atoms with E-state index in [1.807, 2.05) is 12.3 Å². The zero-order valence-corrected chi connectivity index (χ0v) is 8.74. The van der Waals surface area contributed by atoms with Crippen molar-refractivity contribution in [1.29, 1.82) is 5.26 Å². The summed E-state index contributed by atoms with van der Waals surface area (Å²) in [4.78, 5) is 4.04. The van der Waals surface area contributed by atoms with Crippen LogP contribution in [0.4, 0.5) is 0 Å². The maximum atomic E-state index is 8.73. The Balaban J connectivity index is 1.90. The molecule has 0 saturated heterocycles. The van der Waals surface area contributed by atoms with E-state index in [-0.39, 0.29) is 0 Å². The van der Waals surface area contributed by atoms with Gasteiger partial charge in [-0.25, -0.2) is 0 Å². The van der Waals surface area contributed by atoms with Gasteiger partial charge in [0.15, 0.2) is 0 Å². The number of rotatable bonds is 3. The smallest absolute Gasteiger partial charge is 0.101 e. The number of nitrogens with one attached hydrogen (secondary N) is 1. The SMILES string of the molecule is N#Cc1cncc(CNC2CCCC2)c1. The van der Waals surface area contributed by atoms with E-state index in [1.165, 1.54) is 25.7 Å². The molecule has 1 aliphatic carbocycles. The van der Waals surface area contributed by atoms with Crippen LogP contribution in [0.2, 0.25) is 0 Å². The van der Waals surface area contributed by atoms with Gasteiger partial charge in [0.05, 0.1) is 5.56 Å². The predicted molar refractivity (Wildman–Crippen MR) is 58.0 cm³/mol. The van der Waals surface area contributed by atoms with Crippen LogP contribution in [0.5, 0.6) is 0 Å². The van der Waals surface area contributed by atoms with Crippen LogP contribution in [-0.2, 0) is 6.54 Å². The van der Waals surface area contributed by atoms with Crippen LogP contribution in [0.25, 0.3) is 0 Å². The van der Waals surface area contributed by atoms with E-state index in [0.717, 1.165) is 12.1 Å². The second-order valence-electron chi connectivity index (χ2n) is 4.06. The van der Waals surface area contributed by atoms with E-state index in [2.05, 4.69) is 16.4 Å². The molecule has 0 unspecified atom stereocenters. The first-order valence-electron chi connectivity index (χ1n) is 5.46. The minimum atomic E-state index is 0.640. The van der Waals surface area contributed by atoms with Crippen molar-refractivity contribution in [3.8, 4) is 6.07 Å². The fourth-order valence-corrected chi connectivity index (χ4v) is 2.04. The molecule has 1 saturated carbocycles. The third-order valence-corrected chi connectivity index (χ3v) is 2.87. The lowest BCUT2D eigenvalue weighted by atomic mass is 10.2. The summed E-state index contributed by atoms with van der Waals surface area (Å²) < 4.78 is 0. The molecule has 78 valence electrons. The summed E-state index contributed by atoms with van der Waals surface area (Å²) >= 11 is 0. The summed E-state index contributed by atoms with van der Waals surface area (Å²) in [6.45, 7) is 0.827. The maximum absolute atomic E-state index is 8.73. The summed E-state index contributed by atoms with van der Waals surface area (Å²) in [7, 11) is 0. The fourth-order valence-electron chi connectivity index (χ4n) is 2.04.